The summed E-state index contributed by atoms with van der Waals surface area (Å²) in [7, 11) is 1.64. The zero-order valence-electron chi connectivity index (χ0n) is 34.4. The van der Waals surface area contributed by atoms with Gasteiger partial charge in [-0.2, -0.15) is 0 Å². The number of hydrogen-bond donors (Lipinski definition) is 6. The normalized spacial score (nSPS) is 21.4. The van der Waals surface area contributed by atoms with E-state index in [9.17, 15) is 24.0 Å². The molecule has 0 heterocycles. The summed E-state index contributed by atoms with van der Waals surface area (Å²) < 4.78 is 12.3. The molecule has 0 aromatic carbocycles. The minimum Gasteiger partial charge on any atom is -0.377 e. The average Bonchev–Trinajstić information content (AvgIpc) is 3.12. The van der Waals surface area contributed by atoms with E-state index in [1.165, 1.54) is 4.90 Å². The first kappa shape index (κ1) is 47.3. The van der Waals surface area contributed by atoms with Crippen LogP contribution in [0.25, 0.3) is 0 Å². The number of hydrogen-bond acceptors (Lipinski definition) is 9. The summed E-state index contributed by atoms with van der Waals surface area (Å²) in [6.07, 6.45) is 11.1. The standard InChI is InChI=1S/C40H75N7O7/c1-8-9-10-14-17-34(54-24-27(5)44-37(49)26(4)23-53-31-19-29(20-31)21-41)28(6)40(52)47(7)33(18-25(2)3)38(50)46-35(30-15-12-11-13-16-30)39(51)45-32(22-42)36(43)48/h25-35H,8-24,41-42H2,1-7H3,(H2,43,48)(H,44,49)(H,45,51)(H,46,50)/t26-,27+,28+,29?,31?,32-,33-,34+,35-/m0/s1. The number of carbonyl (C=O) groups excluding carboxylic acids is 5. The summed E-state index contributed by atoms with van der Waals surface area (Å²) in [5.41, 5.74) is 16.9. The molecule has 2 aliphatic carbocycles. The first-order chi connectivity index (χ1) is 25.6. The summed E-state index contributed by atoms with van der Waals surface area (Å²) in [5.74, 6) is -2.46. The second-order valence-corrected chi connectivity index (χ2v) is 16.5. The van der Waals surface area contributed by atoms with Gasteiger partial charge in [-0.25, -0.2) is 0 Å². The lowest BCUT2D eigenvalue weighted by atomic mass is 9.82. The van der Waals surface area contributed by atoms with Crippen LogP contribution in [0.5, 0.6) is 0 Å². The van der Waals surface area contributed by atoms with E-state index in [2.05, 4.69) is 22.9 Å². The predicted molar refractivity (Wildman–Crippen MR) is 211 cm³/mol. The van der Waals surface area contributed by atoms with Gasteiger partial charge in [0.15, 0.2) is 0 Å². The van der Waals surface area contributed by atoms with Gasteiger partial charge >= 0.3 is 0 Å². The topological polar surface area (TPSA) is 221 Å². The number of nitrogens with two attached hydrogens (primary N) is 3. The molecule has 0 radical (unpaired) electrons. The van der Waals surface area contributed by atoms with Gasteiger partial charge in [0, 0.05) is 19.6 Å². The Hall–Kier alpha value is -2.81. The van der Waals surface area contributed by atoms with Gasteiger partial charge in [0.2, 0.25) is 29.5 Å². The van der Waals surface area contributed by atoms with Crippen molar-refractivity contribution in [1.29, 1.82) is 0 Å². The fourth-order valence-corrected chi connectivity index (χ4v) is 7.45. The smallest absolute Gasteiger partial charge is 0.243 e. The second-order valence-electron chi connectivity index (χ2n) is 16.5. The van der Waals surface area contributed by atoms with Gasteiger partial charge < -0.3 is 47.5 Å². The van der Waals surface area contributed by atoms with Crippen molar-refractivity contribution < 1.29 is 33.4 Å². The van der Waals surface area contributed by atoms with Gasteiger partial charge in [0.1, 0.15) is 18.1 Å². The lowest BCUT2D eigenvalue weighted by Gasteiger charge is -2.36. The van der Waals surface area contributed by atoms with Crippen LogP contribution in [0, 0.1) is 29.6 Å². The minimum absolute atomic E-state index is 0.0691. The highest BCUT2D eigenvalue weighted by Crippen LogP contribution is 2.30. The Morgan fingerprint density at radius 3 is 2.07 bits per heavy atom. The summed E-state index contributed by atoms with van der Waals surface area (Å²) >= 11 is 0. The summed E-state index contributed by atoms with van der Waals surface area (Å²) in [6, 6.07) is -3.09. The minimum atomic E-state index is -1.05. The van der Waals surface area contributed by atoms with Gasteiger partial charge in [-0.1, -0.05) is 79.6 Å². The molecule has 54 heavy (non-hydrogen) atoms. The molecule has 14 nitrogen and oxygen atoms in total. The molecule has 0 unspecified atom stereocenters. The molecule has 14 heteroatoms. The average molecular weight is 766 g/mol. The Kier molecular flexibility index (Phi) is 21.6. The van der Waals surface area contributed by atoms with Crippen molar-refractivity contribution in [3.05, 3.63) is 0 Å². The van der Waals surface area contributed by atoms with Gasteiger partial charge in [-0.3, -0.25) is 24.0 Å². The Morgan fingerprint density at radius 1 is 0.833 bits per heavy atom. The van der Waals surface area contributed by atoms with Crippen LogP contribution >= 0.6 is 0 Å². The van der Waals surface area contributed by atoms with Crippen LogP contribution < -0.4 is 33.2 Å². The third-order valence-corrected chi connectivity index (χ3v) is 11.2. The quantitative estimate of drug-likeness (QED) is 0.0712. The van der Waals surface area contributed by atoms with E-state index < -0.39 is 47.9 Å². The highest BCUT2D eigenvalue weighted by Gasteiger charge is 2.38. The van der Waals surface area contributed by atoms with Gasteiger partial charge in [0.05, 0.1) is 37.3 Å². The largest absolute Gasteiger partial charge is 0.377 e. The van der Waals surface area contributed by atoms with Crippen LogP contribution in [0.4, 0.5) is 0 Å². The Labute approximate surface area is 324 Å². The predicted octanol–water partition coefficient (Wildman–Crippen LogP) is 2.74. The molecule has 0 spiro atoms. The van der Waals surface area contributed by atoms with Crippen molar-refractivity contribution in [2.75, 3.05) is 33.4 Å². The molecule has 0 bridgehead atoms. The maximum Gasteiger partial charge on any atom is 0.243 e. The lowest BCUT2D eigenvalue weighted by Crippen LogP contribution is -2.60. The second kappa shape index (κ2) is 24.7. The highest BCUT2D eigenvalue weighted by atomic mass is 16.5. The molecule has 0 saturated heterocycles. The van der Waals surface area contributed by atoms with Crippen LogP contribution in [-0.4, -0.2) is 104 Å². The molecule has 0 aromatic heterocycles. The van der Waals surface area contributed by atoms with E-state index >= 15 is 0 Å². The molecule has 5 amide bonds. The van der Waals surface area contributed by atoms with E-state index in [1.54, 1.807) is 7.05 Å². The molecule has 2 saturated carbocycles. The lowest BCUT2D eigenvalue weighted by molar-refractivity contribution is -0.147. The van der Waals surface area contributed by atoms with E-state index in [0.717, 1.165) is 70.6 Å². The number of amides is 5. The zero-order chi connectivity index (χ0) is 40.4. The van der Waals surface area contributed by atoms with Gasteiger partial charge in [0.25, 0.3) is 0 Å². The van der Waals surface area contributed by atoms with Crippen molar-refractivity contribution in [2.24, 2.45) is 46.8 Å². The van der Waals surface area contributed by atoms with Crippen molar-refractivity contribution in [3.63, 3.8) is 0 Å². The van der Waals surface area contributed by atoms with E-state index in [0.29, 0.717) is 31.9 Å². The van der Waals surface area contributed by atoms with Crippen LogP contribution in [0.1, 0.15) is 125 Å². The highest BCUT2D eigenvalue weighted by molar-refractivity contribution is 5.94. The number of nitrogens with one attached hydrogen (secondary N) is 3. The first-order valence-electron chi connectivity index (χ1n) is 20.7. The zero-order valence-corrected chi connectivity index (χ0v) is 34.4. The number of nitrogens with zero attached hydrogens (tertiary/aromatic N) is 1. The number of likely N-dealkylation sites (N-methyl/N-ethyl adjacent to an activating group) is 1. The Balaban J connectivity index is 2.14. The van der Waals surface area contributed by atoms with E-state index in [4.69, 9.17) is 26.7 Å². The summed E-state index contributed by atoms with van der Waals surface area (Å²) in [6.45, 7) is 12.8. The van der Waals surface area contributed by atoms with Crippen LogP contribution in [0.15, 0.2) is 0 Å². The molecule has 0 aliphatic heterocycles. The maximum atomic E-state index is 14.2. The van der Waals surface area contributed by atoms with Crippen molar-refractivity contribution in [3.8, 4) is 0 Å². The fourth-order valence-electron chi connectivity index (χ4n) is 7.45. The first-order valence-corrected chi connectivity index (χ1v) is 20.7. The molecular weight excluding hydrogens is 690 g/mol. The van der Waals surface area contributed by atoms with Crippen LogP contribution in [0.2, 0.25) is 0 Å². The third-order valence-electron chi connectivity index (χ3n) is 11.2. The molecule has 2 aliphatic rings. The van der Waals surface area contributed by atoms with Crippen molar-refractivity contribution in [2.45, 2.75) is 161 Å². The fraction of sp³-hybridized carbons (Fsp3) is 0.875. The molecule has 9 N–H and O–H groups in total. The van der Waals surface area contributed by atoms with Gasteiger partial charge in [-0.15, -0.1) is 0 Å². The molecule has 312 valence electrons. The molecule has 2 fully saturated rings. The monoisotopic (exact) mass is 766 g/mol. The van der Waals surface area contributed by atoms with Gasteiger partial charge in [-0.05, 0) is 69.7 Å². The number of unbranched alkanes of at least 4 members (excludes halogenated alkanes) is 3. The maximum absolute atomic E-state index is 14.2. The number of primary amides is 1. The Bertz CT molecular complexity index is 1160. The summed E-state index contributed by atoms with van der Waals surface area (Å²) in [4.78, 5) is 68.2. The molecule has 0 aromatic rings. The van der Waals surface area contributed by atoms with Crippen molar-refractivity contribution in [1.82, 2.24) is 20.9 Å². The summed E-state index contributed by atoms with van der Waals surface area (Å²) in [5, 5.41) is 8.65. The number of ether oxygens (including phenoxy) is 2. The number of rotatable bonds is 26. The van der Waals surface area contributed by atoms with E-state index in [-0.39, 0.29) is 54.9 Å². The third kappa shape index (κ3) is 15.7. The van der Waals surface area contributed by atoms with Crippen LogP contribution in [0.3, 0.4) is 0 Å². The molecule has 2 rings (SSSR count). The SMILES string of the molecule is CCCCCC[C@@H](OC[C@@H](C)NC(=O)[C@@H](C)COC1CC(CN)C1)[C@@H](C)C(=O)N(C)[C@@H](CC(C)C)C(=O)N[C@H](C(=O)N[C@@H](CN)C(N)=O)C1CCCCC1. The Morgan fingerprint density at radius 2 is 1.50 bits per heavy atom. The van der Waals surface area contributed by atoms with E-state index in [1.807, 2.05) is 34.6 Å². The number of carbonyl (C=O) groups is 5. The van der Waals surface area contributed by atoms with Crippen LogP contribution in [-0.2, 0) is 33.4 Å². The van der Waals surface area contributed by atoms with Crippen molar-refractivity contribution >= 4 is 29.5 Å². The molecular formula is C40H75N7O7. The molecule has 7 atom stereocenters.